The molecule has 1 aromatic rings. The smallest absolute Gasteiger partial charge is 0.0951 e. The van der Waals surface area contributed by atoms with Crippen LogP contribution in [-0.2, 0) is 6.54 Å². The molecule has 0 radical (unpaired) electrons. The van der Waals surface area contributed by atoms with Crippen LogP contribution in [0.1, 0.15) is 31.0 Å². The van der Waals surface area contributed by atoms with Gasteiger partial charge in [0.2, 0.25) is 0 Å². The van der Waals surface area contributed by atoms with Gasteiger partial charge in [-0.3, -0.25) is 4.90 Å². The van der Waals surface area contributed by atoms with Crippen molar-refractivity contribution in [2.45, 2.75) is 31.8 Å². The van der Waals surface area contributed by atoms with Crippen molar-refractivity contribution in [2.75, 3.05) is 26.2 Å². The van der Waals surface area contributed by atoms with Gasteiger partial charge < -0.3 is 9.88 Å². The number of piperazine rings is 1. The third-order valence-corrected chi connectivity index (χ3v) is 3.81. The number of nitrogens with zero attached hydrogens (tertiary/aromatic N) is 3. The van der Waals surface area contributed by atoms with E-state index in [-0.39, 0.29) is 0 Å². The first-order valence-electron chi connectivity index (χ1n) is 6.37. The number of hydrogen-bond donors (Lipinski definition) is 1. The van der Waals surface area contributed by atoms with Crippen LogP contribution in [0.25, 0.3) is 0 Å². The van der Waals surface area contributed by atoms with Crippen LogP contribution in [0.5, 0.6) is 0 Å². The lowest BCUT2D eigenvalue weighted by molar-refractivity contribution is 0.219. The van der Waals surface area contributed by atoms with Crippen LogP contribution in [0.15, 0.2) is 12.5 Å². The van der Waals surface area contributed by atoms with Gasteiger partial charge in [0.25, 0.3) is 0 Å². The van der Waals surface area contributed by atoms with Crippen molar-refractivity contribution in [3.8, 4) is 0 Å². The molecule has 4 nitrogen and oxygen atoms in total. The van der Waals surface area contributed by atoms with Crippen molar-refractivity contribution in [2.24, 2.45) is 0 Å². The van der Waals surface area contributed by atoms with Gasteiger partial charge in [0.1, 0.15) is 0 Å². The van der Waals surface area contributed by atoms with Crippen LogP contribution in [-0.4, -0.2) is 40.6 Å². The molecule has 1 saturated carbocycles. The van der Waals surface area contributed by atoms with Crippen molar-refractivity contribution < 1.29 is 0 Å². The lowest BCUT2D eigenvalue weighted by Crippen LogP contribution is -2.43. The van der Waals surface area contributed by atoms with Gasteiger partial charge in [-0.15, -0.1) is 0 Å². The highest BCUT2D eigenvalue weighted by molar-refractivity contribution is 5.02. The molecule has 3 rings (SSSR count). The third kappa shape index (κ3) is 1.99. The molecule has 1 aromatic heterocycles. The lowest BCUT2D eigenvalue weighted by atomic mass is 9.93. The van der Waals surface area contributed by atoms with Gasteiger partial charge in [-0.05, 0) is 19.3 Å². The molecular formula is C12H20N4. The summed E-state index contributed by atoms with van der Waals surface area (Å²) in [6, 6.07) is 0.736. The highest BCUT2D eigenvalue weighted by Gasteiger charge is 2.22. The molecule has 2 fully saturated rings. The van der Waals surface area contributed by atoms with Gasteiger partial charge in [-0.1, -0.05) is 0 Å². The number of aromatic nitrogens is 2. The zero-order chi connectivity index (χ0) is 10.8. The lowest BCUT2D eigenvalue weighted by Gasteiger charge is -2.31. The Balaban J connectivity index is 1.66. The molecule has 2 aliphatic rings. The fourth-order valence-electron chi connectivity index (χ4n) is 2.55. The Bertz CT molecular complexity index is 337. The second-order valence-corrected chi connectivity index (χ2v) is 4.90. The standard InChI is InChI=1S/C12H20N4/c1-2-11(3-1)16-10-14-8-12(16)9-15-6-4-13-5-7-15/h8,10-11,13H,1-7,9H2. The van der Waals surface area contributed by atoms with Crippen molar-refractivity contribution >= 4 is 0 Å². The molecule has 1 aliphatic carbocycles. The van der Waals surface area contributed by atoms with Gasteiger partial charge in [0, 0.05) is 45.0 Å². The van der Waals surface area contributed by atoms with E-state index in [2.05, 4.69) is 19.8 Å². The van der Waals surface area contributed by atoms with Gasteiger partial charge in [-0.25, -0.2) is 4.98 Å². The summed E-state index contributed by atoms with van der Waals surface area (Å²) >= 11 is 0. The zero-order valence-electron chi connectivity index (χ0n) is 9.73. The van der Waals surface area contributed by atoms with Crippen LogP contribution in [0.4, 0.5) is 0 Å². The number of imidazole rings is 1. The molecule has 0 spiro atoms. The van der Waals surface area contributed by atoms with Crippen molar-refractivity contribution in [3.05, 3.63) is 18.2 Å². The second kappa shape index (κ2) is 4.55. The van der Waals surface area contributed by atoms with E-state index < -0.39 is 0 Å². The van der Waals surface area contributed by atoms with Crippen LogP contribution in [0, 0.1) is 0 Å². The summed E-state index contributed by atoms with van der Waals surface area (Å²) in [5.74, 6) is 0. The number of nitrogens with one attached hydrogen (secondary N) is 1. The maximum absolute atomic E-state index is 4.31. The number of hydrogen-bond acceptors (Lipinski definition) is 3. The van der Waals surface area contributed by atoms with E-state index in [0.29, 0.717) is 0 Å². The fourth-order valence-corrected chi connectivity index (χ4v) is 2.55. The molecule has 88 valence electrons. The van der Waals surface area contributed by atoms with Crippen LogP contribution < -0.4 is 5.32 Å². The Labute approximate surface area is 96.7 Å². The minimum absolute atomic E-state index is 0.736. The highest BCUT2D eigenvalue weighted by atomic mass is 15.2. The average Bonchev–Trinajstić information content (AvgIpc) is 2.66. The SMILES string of the molecule is c1ncn(C2CCC2)c1CN1CCNCC1. The Hall–Kier alpha value is -0.870. The molecule has 1 saturated heterocycles. The molecule has 0 bridgehead atoms. The summed E-state index contributed by atoms with van der Waals surface area (Å²) in [6.45, 7) is 5.64. The van der Waals surface area contributed by atoms with Gasteiger partial charge >= 0.3 is 0 Å². The Kier molecular flexibility index (Phi) is 2.93. The molecule has 4 heteroatoms. The van der Waals surface area contributed by atoms with E-state index in [9.17, 15) is 0 Å². The van der Waals surface area contributed by atoms with Crippen molar-refractivity contribution in [1.29, 1.82) is 0 Å². The van der Waals surface area contributed by atoms with E-state index in [0.717, 1.165) is 38.8 Å². The fraction of sp³-hybridized carbons (Fsp3) is 0.750. The maximum Gasteiger partial charge on any atom is 0.0951 e. The van der Waals surface area contributed by atoms with E-state index in [1.165, 1.54) is 25.0 Å². The minimum atomic E-state index is 0.736. The zero-order valence-corrected chi connectivity index (χ0v) is 9.73. The summed E-state index contributed by atoms with van der Waals surface area (Å²) in [4.78, 5) is 6.83. The molecule has 2 heterocycles. The largest absolute Gasteiger partial charge is 0.330 e. The molecule has 0 amide bonds. The monoisotopic (exact) mass is 220 g/mol. The first-order valence-corrected chi connectivity index (χ1v) is 6.37. The summed E-state index contributed by atoms with van der Waals surface area (Å²) in [7, 11) is 0. The second-order valence-electron chi connectivity index (χ2n) is 4.90. The van der Waals surface area contributed by atoms with E-state index in [1.54, 1.807) is 0 Å². The first-order chi connectivity index (χ1) is 7.93. The molecule has 1 aliphatic heterocycles. The van der Waals surface area contributed by atoms with Crippen LogP contribution >= 0.6 is 0 Å². The normalized spacial score (nSPS) is 23.2. The highest BCUT2D eigenvalue weighted by Crippen LogP contribution is 2.32. The predicted molar refractivity (Wildman–Crippen MR) is 63.3 cm³/mol. The van der Waals surface area contributed by atoms with Gasteiger partial charge in [0.15, 0.2) is 0 Å². The summed E-state index contributed by atoms with van der Waals surface area (Å²) in [5, 5.41) is 3.39. The molecule has 0 unspecified atom stereocenters. The van der Waals surface area contributed by atoms with E-state index in [1.807, 2.05) is 12.5 Å². The maximum atomic E-state index is 4.31. The Morgan fingerprint density at radius 1 is 1.31 bits per heavy atom. The molecule has 0 aromatic carbocycles. The Morgan fingerprint density at radius 2 is 2.12 bits per heavy atom. The molecule has 16 heavy (non-hydrogen) atoms. The van der Waals surface area contributed by atoms with Gasteiger partial charge in [-0.2, -0.15) is 0 Å². The average molecular weight is 220 g/mol. The quantitative estimate of drug-likeness (QED) is 0.825. The van der Waals surface area contributed by atoms with Crippen molar-refractivity contribution in [3.63, 3.8) is 0 Å². The molecular weight excluding hydrogens is 200 g/mol. The molecule has 1 N–H and O–H groups in total. The Morgan fingerprint density at radius 3 is 2.81 bits per heavy atom. The van der Waals surface area contributed by atoms with E-state index >= 15 is 0 Å². The summed E-state index contributed by atoms with van der Waals surface area (Å²) in [5.41, 5.74) is 1.40. The van der Waals surface area contributed by atoms with Crippen LogP contribution in [0.3, 0.4) is 0 Å². The number of rotatable bonds is 3. The first kappa shape index (κ1) is 10.3. The summed E-state index contributed by atoms with van der Waals surface area (Å²) < 4.78 is 2.39. The van der Waals surface area contributed by atoms with Gasteiger partial charge in [0.05, 0.1) is 12.0 Å². The van der Waals surface area contributed by atoms with E-state index in [4.69, 9.17) is 0 Å². The topological polar surface area (TPSA) is 33.1 Å². The van der Waals surface area contributed by atoms with Crippen molar-refractivity contribution in [1.82, 2.24) is 19.8 Å². The minimum Gasteiger partial charge on any atom is -0.330 e. The third-order valence-electron chi connectivity index (χ3n) is 3.81. The predicted octanol–water partition coefficient (Wildman–Crippen LogP) is 1.01. The molecule has 0 atom stereocenters. The van der Waals surface area contributed by atoms with Crippen LogP contribution in [0.2, 0.25) is 0 Å². The summed E-state index contributed by atoms with van der Waals surface area (Å²) in [6.07, 6.45) is 8.12.